The number of hydrogen-bond donors (Lipinski definition) is 1. The number of rotatable bonds is 6. The van der Waals surface area contributed by atoms with Gasteiger partial charge in [-0.2, -0.15) is 0 Å². The largest absolute Gasteiger partial charge is 0.451 e. The van der Waals surface area contributed by atoms with Crippen molar-refractivity contribution in [3.8, 4) is 0 Å². The Morgan fingerprint density at radius 2 is 2.04 bits per heavy atom. The highest BCUT2D eigenvalue weighted by Crippen LogP contribution is 2.22. The maximum absolute atomic E-state index is 12.4. The summed E-state index contributed by atoms with van der Waals surface area (Å²) in [6.07, 6.45) is 4.63. The van der Waals surface area contributed by atoms with Gasteiger partial charge in [0.25, 0.3) is 11.8 Å². The molecule has 1 atom stereocenters. The van der Waals surface area contributed by atoms with E-state index in [1.54, 1.807) is 36.4 Å². The molecule has 1 aliphatic rings. The van der Waals surface area contributed by atoms with Crippen LogP contribution < -0.4 is 5.32 Å². The third kappa shape index (κ3) is 5.06. The fourth-order valence-electron chi connectivity index (χ4n) is 2.87. The van der Waals surface area contributed by atoms with Gasteiger partial charge in [0.15, 0.2) is 6.10 Å². The van der Waals surface area contributed by atoms with Crippen LogP contribution in [-0.2, 0) is 14.3 Å². The number of nitrogens with one attached hydrogen (secondary N) is 1. The monoisotopic (exact) mass is 352 g/mol. The van der Waals surface area contributed by atoms with E-state index in [4.69, 9.17) is 4.74 Å². The lowest BCUT2D eigenvalue weighted by atomic mass is 9.94. The molecule has 1 fully saturated rings. The van der Waals surface area contributed by atoms with Crippen molar-refractivity contribution in [1.29, 1.82) is 0 Å². The Balaban J connectivity index is 1.75. The molecular weight excluding hydrogens is 328 g/mol. The number of carbonyl (C=O) groups excluding carboxylic acids is 3. The smallest absolute Gasteiger partial charge is 0.326 e. The summed E-state index contributed by atoms with van der Waals surface area (Å²) >= 11 is 1.30. The molecule has 0 saturated heterocycles. The molecule has 2 rings (SSSR count). The molecule has 6 nitrogen and oxygen atoms in total. The minimum absolute atomic E-state index is 0.195. The van der Waals surface area contributed by atoms with E-state index in [1.807, 2.05) is 0 Å². The SMILES string of the molecule is C[C@H](OC(=O)CNC(=O)c1cccs1)C(=O)N(C)C1CCCCC1. The highest BCUT2D eigenvalue weighted by atomic mass is 32.1. The molecule has 1 aliphatic carbocycles. The number of thiophene rings is 1. The van der Waals surface area contributed by atoms with Gasteiger partial charge in [-0.1, -0.05) is 25.3 Å². The van der Waals surface area contributed by atoms with Crippen LogP contribution in [-0.4, -0.2) is 48.4 Å². The summed E-state index contributed by atoms with van der Waals surface area (Å²) in [5.41, 5.74) is 0. The maximum Gasteiger partial charge on any atom is 0.326 e. The number of ether oxygens (including phenoxy) is 1. The first-order chi connectivity index (χ1) is 11.5. The maximum atomic E-state index is 12.4. The van der Waals surface area contributed by atoms with Crippen LogP contribution in [0.15, 0.2) is 17.5 Å². The van der Waals surface area contributed by atoms with Gasteiger partial charge < -0.3 is 15.0 Å². The molecular formula is C17H24N2O4S. The Hall–Kier alpha value is -1.89. The Labute approximate surface area is 146 Å². The van der Waals surface area contributed by atoms with Crippen molar-refractivity contribution in [3.63, 3.8) is 0 Å². The van der Waals surface area contributed by atoms with E-state index < -0.39 is 12.1 Å². The van der Waals surface area contributed by atoms with Gasteiger partial charge >= 0.3 is 5.97 Å². The Kier molecular flexibility index (Phi) is 6.78. The molecule has 1 aromatic rings. The molecule has 1 heterocycles. The fourth-order valence-corrected chi connectivity index (χ4v) is 3.51. The Morgan fingerprint density at radius 1 is 1.33 bits per heavy atom. The zero-order valence-corrected chi connectivity index (χ0v) is 14.9. The second-order valence-corrected chi connectivity index (χ2v) is 6.98. The lowest BCUT2D eigenvalue weighted by Crippen LogP contribution is -2.45. The van der Waals surface area contributed by atoms with Gasteiger partial charge in [-0.3, -0.25) is 14.4 Å². The minimum atomic E-state index is -0.844. The zero-order chi connectivity index (χ0) is 17.5. The number of carbonyl (C=O) groups is 3. The van der Waals surface area contributed by atoms with Crippen LogP contribution in [0.2, 0.25) is 0 Å². The van der Waals surface area contributed by atoms with E-state index in [1.165, 1.54) is 17.8 Å². The van der Waals surface area contributed by atoms with Gasteiger partial charge in [0.05, 0.1) is 4.88 Å². The van der Waals surface area contributed by atoms with Crippen molar-refractivity contribution in [3.05, 3.63) is 22.4 Å². The molecule has 0 bridgehead atoms. The lowest BCUT2D eigenvalue weighted by molar-refractivity contribution is -0.158. The second-order valence-electron chi connectivity index (χ2n) is 6.03. The second kappa shape index (κ2) is 8.82. The molecule has 0 aromatic carbocycles. The third-order valence-electron chi connectivity index (χ3n) is 4.26. The Morgan fingerprint density at radius 3 is 2.67 bits per heavy atom. The van der Waals surface area contributed by atoms with Gasteiger partial charge in [-0.05, 0) is 31.2 Å². The van der Waals surface area contributed by atoms with Gasteiger partial charge in [0.1, 0.15) is 6.54 Å². The highest BCUT2D eigenvalue weighted by molar-refractivity contribution is 7.12. The Bertz CT molecular complexity index is 567. The van der Waals surface area contributed by atoms with Crippen LogP contribution in [0.3, 0.4) is 0 Å². The van der Waals surface area contributed by atoms with Crippen LogP contribution in [0.25, 0.3) is 0 Å². The molecule has 0 spiro atoms. The lowest BCUT2D eigenvalue weighted by Gasteiger charge is -2.32. The van der Waals surface area contributed by atoms with Crippen LogP contribution >= 0.6 is 11.3 Å². The molecule has 1 saturated carbocycles. The average molecular weight is 352 g/mol. The molecule has 2 amide bonds. The fraction of sp³-hybridized carbons (Fsp3) is 0.588. The van der Waals surface area contributed by atoms with Gasteiger partial charge in [0, 0.05) is 13.1 Å². The van der Waals surface area contributed by atoms with Crippen LogP contribution in [0.4, 0.5) is 0 Å². The molecule has 0 radical (unpaired) electrons. The zero-order valence-electron chi connectivity index (χ0n) is 14.1. The van der Waals surface area contributed by atoms with Gasteiger partial charge in [-0.15, -0.1) is 11.3 Å². The van der Waals surface area contributed by atoms with E-state index in [0.29, 0.717) is 4.88 Å². The molecule has 0 aliphatic heterocycles. The molecule has 7 heteroatoms. The summed E-state index contributed by atoms with van der Waals surface area (Å²) in [5.74, 6) is -1.13. The van der Waals surface area contributed by atoms with Crippen LogP contribution in [0.5, 0.6) is 0 Å². The number of nitrogens with zero attached hydrogens (tertiary/aromatic N) is 1. The van der Waals surface area contributed by atoms with Crippen molar-refractivity contribution in [1.82, 2.24) is 10.2 Å². The molecule has 132 valence electrons. The minimum Gasteiger partial charge on any atom is -0.451 e. The van der Waals surface area contributed by atoms with Crippen molar-refractivity contribution in [2.24, 2.45) is 0 Å². The standard InChI is InChI=1S/C17H24N2O4S/c1-12(17(22)19(2)13-7-4-3-5-8-13)23-15(20)11-18-16(21)14-9-6-10-24-14/h6,9-10,12-13H,3-5,7-8,11H2,1-2H3,(H,18,21)/t12-/m0/s1. The van der Waals surface area contributed by atoms with Gasteiger partial charge in [-0.25, -0.2) is 0 Å². The van der Waals surface area contributed by atoms with E-state index in [-0.39, 0.29) is 24.4 Å². The molecule has 24 heavy (non-hydrogen) atoms. The van der Waals surface area contributed by atoms with E-state index >= 15 is 0 Å². The highest BCUT2D eigenvalue weighted by Gasteiger charge is 2.27. The first-order valence-corrected chi connectivity index (χ1v) is 9.15. The van der Waals surface area contributed by atoms with Gasteiger partial charge in [0.2, 0.25) is 0 Å². The van der Waals surface area contributed by atoms with Crippen molar-refractivity contribution in [2.45, 2.75) is 51.2 Å². The van der Waals surface area contributed by atoms with Crippen LogP contribution in [0, 0.1) is 0 Å². The normalized spacial score (nSPS) is 16.2. The summed E-state index contributed by atoms with van der Waals surface area (Å²) in [7, 11) is 1.77. The number of likely N-dealkylation sites (N-methyl/N-ethyl adjacent to an activating group) is 1. The predicted molar refractivity (Wildman–Crippen MR) is 91.8 cm³/mol. The third-order valence-corrected chi connectivity index (χ3v) is 5.13. The van der Waals surface area contributed by atoms with E-state index in [2.05, 4.69) is 5.32 Å². The molecule has 1 N–H and O–H groups in total. The molecule has 0 unspecified atom stereocenters. The number of amides is 2. The first-order valence-electron chi connectivity index (χ1n) is 8.27. The topological polar surface area (TPSA) is 75.7 Å². The predicted octanol–water partition coefficient (Wildman–Crippen LogP) is 2.20. The summed E-state index contributed by atoms with van der Waals surface area (Å²) in [4.78, 5) is 38.2. The summed E-state index contributed by atoms with van der Waals surface area (Å²) in [6, 6.07) is 3.67. The summed E-state index contributed by atoms with van der Waals surface area (Å²) < 4.78 is 5.15. The van der Waals surface area contributed by atoms with Crippen molar-refractivity contribution < 1.29 is 19.1 Å². The van der Waals surface area contributed by atoms with Crippen molar-refractivity contribution >= 4 is 29.1 Å². The number of esters is 1. The number of hydrogen-bond acceptors (Lipinski definition) is 5. The molecule has 1 aromatic heterocycles. The van der Waals surface area contributed by atoms with Crippen LogP contribution in [0.1, 0.15) is 48.7 Å². The van der Waals surface area contributed by atoms with Crippen molar-refractivity contribution in [2.75, 3.05) is 13.6 Å². The first kappa shape index (κ1) is 18.4. The van der Waals surface area contributed by atoms with E-state index in [9.17, 15) is 14.4 Å². The summed E-state index contributed by atoms with van der Waals surface area (Å²) in [5, 5.41) is 4.28. The summed E-state index contributed by atoms with van der Waals surface area (Å²) in [6.45, 7) is 1.32. The average Bonchev–Trinajstić information content (AvgIpc) is 3.13. The van der Waals surface area contributed by atoms with E-state index in [0.717, 1.165) is 25.7 Å². The quantitative estimate of drug-likeness (QED) is 0.797.